The second kappa shape index (κ2) is 4.11. The summed E-state index contributed by atoms with van der Waals surface area (Å²) < 4.78 is 0. The SMILES string of the molecule is CN(CO)Cc1ccc(O)c(O)c1. The number of phenolic OH excluding ortho intramolecular Hbond substituents is 2. The molecule has 0 bridgehead atoms. The summed E-state index contributed by atoms with van der Waals surface area (Å²) in [5.74, 6) is -0.265. The quantitative estimate of drug-likeness (QED) is 0.471. The zero-order chi connectivity index (χ0) is 9.84. The molecule has 72 valence electrons. The van der Waals surface area contributed by atoms with Crippen LogP contribution < -0.4 is 0 Å². The van der Waals surface area contributed by atoms with Gasteiger partial charge in [-0.2, -0.15) is 0 Å². The lowest BCUT2D eigenvalue weighted by atomic mass is 10.2. The van der Waals surface area contributed by atoms with Gasteiger partial charge < -0.3 is 15.3 Å². The van der Waals surface area contributed by atoms with Crippen LogP contribution in [0.1, 0.15) is 5.56 Å². The van der Waals surface area contributed by atoms with Gasteiger partial charge in [-0.25, -0.2) is 0 Å². The van der Waals surface area contributed by atoms with Crippen LogP contribution in [0.3, 0.4) is 0 Å². The predicted molar refractivity (Wildman–Crippen MR) is 48.3 cm³/mol. The van der Waals surface area contributed by atoms with Crippen LogP contribution in [0.25, 0.3) is 0 Å². The van der Waals surface area contributed by atoms with Crippen molar-refractivity contribution in [3.05, 3.63) is 23.8 Å². The summed E-state index contributed by atoms with van der Waals surface area (Å²) in [6.07, 6.45) is 0. The third-order valence-electron chi connectivity index (χ3n) is 1.73. The van der Waals surface area contributed by atoms with Gasteiger partial charge in [-0.1, -0.05) is 6.07 Å². The van der Waals surface area contributed by atoms with Crippen molar-refractivity contribution in [2.24, 2.45) is 0 Å². The second-order valence-corrected chi connectivity index (χ2v) is 2.98. The molecule has 0 radical (unpaired) electrons. The van der Waals surface area contributed by atoms with E-state index >= 15 is 0 Å². The Bertz CT molecular complexity index is 288. The van der Waals surface area contributed by atoms with Crippen LogP contribution in [0.5, 0.6) is 11.5 Å². The summed E-state index contributed by atoms with van der Waals surface area (Å²) in [7, 11) is 1.75. The normalized spacial score (nSPS) is 10.7. The molecule has 4 heteroatoms. The summed E-state index contributed by atoms with van der Waals surface area (Å²) in [6, 6.07) is 4.60. The minimum absolute atomic E-state index is 0.0400. The van der Waals surface area contributed by atoms with E-state index in [1.165, 1.54) is 12.1 Å². The average Bonchev–Trinajstić information content (AvgIpc) is 2.11. The molecular formula is C9H13NO3. The molecule has 0 saturated carbocycles. The van der Waals surface area contributed by atoms with Gasteiger partial charge in [0.25, 0.3) is 0 Å². The highest BCUT2D eigenvalue weighted by molar-refractivity contribution is 5.40. The van der Waals surface area contributed by atoms with E-state index in [0.29, 0.717) is 6.54 Å². The van der Waals surface area contributed by atoms with Crippen molar-refractivity contribution in [1.29, 1.82) is 0 Å². The first kappa shape index (κ1) is 9.83. The first-order valence-electron chi connectivity index (χ1n) is 3.93. The standard InChI is InChI=1S/C9H13NO3/c1-10(6-11)5-7-2-3-8(12)9(13)4-7/h2-4,11-13H,5-6H2,1H3. The first-order valence-corrected chi connectivity index (χ1v) is 3.93. The molecule has 0 fully saturated rings. The second-order valence-electron chi connectivity index (χ2n) is 2.98. The van der Waals surface area contributed by atoms with E-state index in [0.717, 1.165) is 5.56 Å². The lowest BCUT2D eigenvalue weighted by molar-refractivity contribution is 0.127. The van der Waals surface area contributed by atoms with Crippen molar-refractivity contribution in [3.63, 3.8) is 0 Å². The van der Waals surface area contributed by atoms with E-state index in [1.54, 1.807) is 18.0 Å². The molecule has 0 aliphatic carbocycles. The topological polar surface area (TPSA) is 63.9 Å². The third-order valence-corrected chi connectivity index (χ3v) is 1.73. The molecule has 3 N–H and O–H groups in total. The van der Waals surface area contributed by atoms with Gasteiger partial charge in [0.2, 0.25) is 0 Å². The number of hydrogen-bond donors (Lipinski definition) is 3. The van der Waals surface area contributed by atoms with Crippen molar-refractivity contribution in [3.8, 4) is 11.5 Å². The molecule has 1 aromatic rings. The molecule has 0 unspecified atom stereocenters. The molecule has 0 amide bonds. The van der Waals surface area contributed by atoms with E-state index in [1.807, 2.05) is 0 Å². The number of aliphatic hydroxyl groups is 1. The predicted octanol–water partition coefficient (Wildman–Crippen LogP) is 0.479. The van der Waals surface area contributed by atoms with E-state index in [2.05, 4.69) is 0 Å². The molecule has 0 aliphatic rings. The molecule has 13 heavy (non-hydrogen) atoms. The maximum atomic E-state index is 9.15. The molecular weight excluding hydrogens is 170 g/mol. The molecule has 1 rings (SSSR count). The minimum Gasteiger partial charge on any atom is -0.504 e. The van der Waals surface area contributed by atoms with Crippen LogP contribution in [0.2, 0.25) is 0 Å². The number of hydrogen-bond acceptors (Lipinski definition) is 4. The summed E-state index contributed by atoms with van der Waals surface area (Å²) in [5.41, 5.74) is 0.840. The average molecular weight is 183 g/mol. The third kappa shape index (κ3) is 2.61. The van der Waals surface area contributed by atoms with E-state index in [-0.39, 0.29) is 18.2 Å². The molecule has 0 saturated heterocycles. The molecule has 0 atom stereocenters. The van der Waals surface area contributed by atoms with Gasteiger partial charge >= 0.3 is 0 Å². The van der Waals surface area contributed by atoms with Crippen molar-refractivity contribution < 1.29 is 15.3 Å². The highest BCUT2D eigenvalue weighted by Crippen LogP contribution is 2.25. The molecule has 0 aliphatic heterocycles. The van der Waals surface area contributed by atoms with Crippen LogP contribution in [-0.4, -0.2) is 34.0 Å². The molecule has 4 nitrogen and oxygen atoms in total. The van der Waals surface area contributed by atoms with Crippen LogP contribution in [-0.2, 0) is 6.54 Å². The summed E-state index contributed by atoms with van der Waals surface area (Å²) in [5, 5.41) is 26.9. The monoisotopic (exact) mass is 183 g/mol. The number of rotatable bonds is 3. The van der Waals surface area contributed by atoms with Crippen LogP contribution in [0.15, 0.2) is 18.2 Å². The Labute approximate surface area is 76.7 Å². The number of phenols is 2. The van der Waals surface area contributed by atoms with Gasteiger partial charge in [0.1, 0.15) is 0 Å². The fraction of sp³-hybridized carbons (Fsp3) is 0.333. The minimum atomic E-state index is -0.135. The van der Waals surface area contributed by atoms with Gasteiger partial charge in [0, 0.05) is 6.54 Å². The zero-order valence-electron chi connectivity index (χ0n) is 7.44. The number of nitrogens with zero attached hydrogens (tertiary/aromatic N) is 1. The van der Waals surface area contributed by atoms with Gasteiger partial charge in [-0.05, 0) is 24.7 Å². The lowest BCUT2D eigenvalue weighted by Crippen LogP contribution is -2.18. The molecule has 0 heterocycles. The Hall–Kier alpha value is -1.26. The van der Waals surface area contributed by atoms with Gasteiger partial charge in [0.05, 0.1) is 6.73 Å². The van der Waals surface area contributed by atoms with Crippen LogP contribution in [0, 0.1) is 0 Å². The number of benzene rings is 1. The van der Waals surface area contributed by atoms with E-state index in [9.17, 15) is 0 Å². The Morgan fingerprint density at radius 2 is 1.92 bits per heavy atom. The maximum absolute atomic E-state index is 9.15. The largest absolute Gasteiger partial charge is 0.504 e. The number of aliphatic hydroxyl groups excluding tert-OH is 1. The van der Waals surface area contributed by atoms with Crippen LogP contribution >= 0.6 is 0 Å². The Kier molecular flexibility index (Phi) is 3.11. The molecule has 0 spiro atoms. The van der Waals surface area contributed by atoms with Crippen molar-refractivity contribution in [2.75, 3.05) is 13.8 Å². The number of aromatic hydroxyl groups is 2. The molecule has 1 aromatic carbocycles. The fourth-order valence-corrected chi connectivity index (χ4v) is 1.03. The Morgan fingerprint density at radius 3 is 2.46 bits per heavy atom. The van der Waals surface area contributed by atoms with Crippen molar-refractivity contribution in [1.82, 2.24) is 4.90 Å². The van der Waals surface area contributed by atoms with E-state index < -0.39 is 0 Å². The van der Waals surface area contributed by atoms with E-state index in [4.69, 9.17) is 15.3 Å². The molecule has 0 aromatic heterocycles. The summed E-state index contributed by atoms with van der Waals surface area (Å²) >= 11 is 0. The Balaban J connectivity index is 2.73. The summed E-state index contributed by atoms with van der Waals surface area (Å²) in [4.78, 5) is 1.67. The zero-order valence-corrected chi connectivity index (χ0v) is 7.44. The van der Waals surface area contributed by atoms with Gasteiger partial charge in [-0.15, -0.1) is 0 Å². The Morgan fingerprint density at radius 1 is 1.23 bits per heavy atom. The lowest BCUT2D eigenvalue weighted by Gasteiger charge is -2.12. The van der Waals surface area contributed by atoms with Gasteiger partial charge in [0.15, 0.2) is 11.5 Å². The summed E-state index contributed by atoms with van der Waals surface area (Å²) in [6.45, 7) is 0.492. The first-order chi connectivity index (χ1) is 6.13. The van der Waals surface area contributed by atoms with Crippen molar-refractivity contribution >= 4 is 0 Å². The van der Waals surface area contributed by atoms with Gasteiger partial charge in [-0.3, -0.25) is 4.90 Å². The highest BCUT2D eigenvalue weighted by atomic mass is 16.3. The van der Waals surface area contributed by atoms with Crippen LogP contribution in [0.4, 0.5) is 0 Å². The maximum Gasteiger partial charge on any atom is 0.157 e. The smallest absolute Gasteiger partial charge is 0.157 e. The highest BCUT2D eigenvalue weighted by Gasteiger charge is 2.02. The fourth-order valence-electron chi connectivity index (χ4n) is 1.03. The van der Waals surface area contributed by atoms with Crippen molar-refractivity contribution in [2.45, 2.75) is 6.54 Å².